The minimum Gasteiger partial charge on any atom is -0.507 e. The summed E-state index contributed by atoms with van der Waals surface area (Å²) in [5, 5.41) is 12.2. The molecule has 0 aliphatic carbocycles. The van der Waals surface area contributed by atoms with Crippen LogP contribution in [-0.4, -0.2) is 42.5 Å². The molecule has 3 aromatic carbocycles. The number of rotatable bonds is 6. The zero-order chi connectivity index (χ0) is 26.3. The Morgan fingerprint density at radius 3 is 2.51 bits per heavy atom. The van der Waals surface area contributed by atoms with Gasteiger partial charge in [-0.1, -0.05) is 47.2 Å². The van der Waals surface area contributed by atoms with E-state index in [4.69, 9.17) is 16.3 Å². The monoisotopic (exact) mass is 533 g/mol. The Morgan fingerprint density at radius 2 is 1.84 bits per heavy atom. The van der Waals surface area contributed by atoms with Gasteiger partial charge < -0.3 is 14.7 Å². The van der Waals surface area contributed by atoms with Gasteiger partial charge in [0.15, 0.2) is 5.13 Å². The van der Waals surface area contributed by atoms with Crippen molar-refractivity contribution in [2.24, 2.45) is 0 Å². The topological polar surface area (TPSA) is 83.0 Å². The third kappa shape index (κ3) is 4.43. The summed E-state index contributed by atoms with van der Waals surface area (Å²) in [6.45, 7) is 2.20. The van der Waals surface area contributed by atoms with Crippen LogP contribution in [0.2, 0.25) is 5.02 Å². The number of para-hydroxylation sites is 1. The SMILES string of the molecule is CCOc1cc(/C(O)=C2\C(=O)C(=O)N(c3nc4ccccc4s3)C2c2ccc(N(C)C)cc2)ccc1Cl. The molecule has 5 rings (SSSR count). The van der Waals surface area contributed by atoms with Gasteiger partial charge in [-0.15, -0.1) is 0 Å². The second-order valence-electron chi connectivity index (χ2n) is 8.70. The number of aromatic nitrogens is 1. The van der Waals surface area contributed by atoms with Crippen molar-refractivity contribution in [2.75, 3.05) is 30.5 Å². The number of aliphatic hydroxyl groups excluding tert-OH is 1. The maximum atomic E-state index is 13.5. The van der Waals surface area contributed by atoms with Crippen LogP contribution >= 0.6 is 22.9 Å². The van der Waals surface area contributed by atoms with E-state index in [9.17, 15) is 14.7 Å². The van der Waals surface area contributed by atoms with E-state index in [1.807, 2.05) is 74.4 Å². The van der Waals surface area contributed by atoms with E-state index in [1.165, 1.54) is 16.2 Å². The average Bonchev–Trinajstić information content (AvgIpc) is 3.43. The van der Waals surface area contributed by atoms with Crippen molar-refractivity contribution in [3.8, 4) is 5.75 Å². The maximum absolute atomic E-state index is 13.5. The molecule has 1 aliphatic rings. The van der Waals surface area contributed by atoms with E-state index >= 15 is 0 Å². The molecule has 1 aliphatic heterocycles. The number of ether oxygens (including phenoxy) is 1. The summed E-state index contributed by atoms with van der Waals surface area (Å²) in [6, 6.07) is 18.9. The van der Waals surface area contributed by atoms with Gasteiger partial charge in [0.05, 0.1) is 33.5 Å². The van der Waals surface area contributed by atoms with Gasteiger partial charge in [0.25, 0.3) is 5.78 Å². The summed E-state index contributed by atoms with van der Waals surface area (Å²) in [6.07, 6.45) is 0. The second kappa shape index (κ2) is 9.88. The Balaban J connectivity index is 1.71. The molecule has 1 fully saturated rings. The molecule has 0 spiro atoms. The average molecular weight is 534 g/mol. The zero-order valence-corrected chi connectivity index (χ0v) is 22.0. The van der Waals surface area contributed by atoms with Gasteiger partial charge in [-0.2, -0.15) is 0 Å². The van der Waals surface area contributed by atoms with Crippen molar-refractivity contribution in [1.82, 2.24) is 4.98 Å². The van der Waals surface area contributed by atoms with Gasteiger partial charge >= 0.3 is 5.91 Å². The van der Waals surface area contributed by atoms with Crippen LogP contribution in [0.4, 0.5) is 10.8 Å². The number of aliphatic hydroxyl groups is 1. The van der Waals surface area contributed by atoms with Crippen molar-refractivity contribution in [3.05, 3.63) is 88.5 Å². The molecule has 1 atom stereocenters. The van der Waals surface area contributed by atoms with Crippen molar-refractivity contribution in [3.63, 3.8) is 0 Å². The fraction of sp³-hybridized carbons (Fsp3) is 0.179. The number of hydrogen-bond donors (Lipinski definition) is 1. The quantitative estimate of drug-likeness (QED) is 0.185. The third-order valence-corrected chi connectivity index (χ3v) is 7.51. The van der Waals surface area contributed by atoms with Crippen LogP contribution in [-0.2, 0) is 9.59 Å². The van der Waals surface area contributed by atoms with E-state index in [2.05, 4.69) is 4.98 Å². The van der Waals surface area contributed by atoms with E-state index in [-0.39, 0.29) is 11.3 Å². The number of anilines is 2. The Morgan fingerprint density at radius 1 is 1.11 bits per heavy atom. The number of carbonyl (C=O) groups is 2. The van der Waals surface area contributed by atoms with Crippen molar-refractivity contribution >= 4 is 61.4 Å². The second-order valence-corrected chi connectivity index (χ2v) is 10.1. The highest BCUT2D eigenvalue weighted by Gasteiger charge is 2.48. The largest absolute Gasteiger partial charge is 0.507 e. The smallest absolute Gasteiger partial charge is 0.301 e. The molecule has 4 aromatic rings. The van der Waals surface area contributed by atoms with E-state index < -0.39 is 17.7 Å². The molecule has 188 valence electrons. The molecule has 1 N–H and O–H groups in total. The Kier molecular flexibility index (Phi) is 6.62. The molecule has 2 heterocycles. The van der Waals surface area contributed by atoms with Crippen LogP contribution in [0.1, 0.15) is 24.1 Å². The van der Waals surface area contributed by atoms with Crippen LogP contribution in [0.3, 0.4) is 0 Å². The van der Waals surface area contributed by atoms with Gasteiger partial charge in [0, 0.05) is 25.3 Å². The predicted octanol–water partition coefficient (Wildman–Crippen LogP) is 6.04. The van der Waals surface area contributed by atoms with Crippen LogP contribution in [0.15, 0.2) is 72.3 Å². The predicted molar refractivity (Wildman–Crippen MR) is 148 cm³/mol. The first-order valence-corrected chi connectivity index (χ1v) is 12.9. The van der Waals surface area contributed by atoms with Gasteiger partial charge in [0.1, 0.15) is 11.5 Å². The maximum Gasteiger partial charge on any atom is 0.301 e. The lowest BCUT2D eigenvalue weighted by Crippen LogP contribution is -2.29. The normalized spacial score (nSPS) is 17.0. The van der Waals surface area contributed by atoms with Gasteiger partial charge in [-0.05, 0) is 55.0 Å². The van der Waals surface area contributed by atoms with Crippen LogP contribution in [0.5, 0.6) is 5.75 Å². The minimum atomic E-state index is -0.872. The van der Waals surface area contributed by atoms with Gasteiger partial charge in [-0.3, -0.25) is 14.5 Å². The van der Waals surface area contributed by atoms with Crippen LogP contribution in [0, 0.1) is 0 Å². The fourth-order valence-electron chi connectivity index (χ4n) is 4.34. The first-order chi connectivity index (χ1) is 17.8. The number of amides is 1. The molecule has 1 amide bonds. The summed E-state index contributed by atoms with van der Waals surface area (Å²) < 4.78 is 6.46. The van der Waals surface area contributed by atoms with Gasteiger partial charge in [-0.25, -0.2) is 4.98 Å². The summed E-state index contributed by atoms with van der Waals surface area (Å²) in [7, 11) is 3.86. The number of Topliss-reactive ketones (excluding diaryl/α,β-unsaturated/α-hetero) is 1. The summed E-state index contributed by atoms with van der Waals surface area (Å²) >= 11 is 7.55. The molecule has 0 bridgehead atoms. The molecule has 0 saturated carbocycles. The van der Waals surface area contributed by atoms with Crippen molar-refractivity contribution in [1.29, 1.82) is 0 Å². The first kappa shape index (κ1) is 24.8. The summed E-state index contributed by atoms with van der Waals surface area (Å²) in [5.74, 6) is -1.46. The minimum absolute atomic E-state index is 0.0216. The molecule has 1 aromatic heterocycles. The number of thiazole rings is 1. The van der Waals surface area contributed by atoms with Crippen LogP contribution < -0.4 is 14.5 Å². The number of ketones is 1. The lowest BCUT2D eigenvalue weighted by molar-refractivity contribution is -0.132. The molecule has 37 heavy (non-hydrogen) atoms. The first-order valence-electron chi connectivity index (χ1n) is 11.7. The molecule has 7 nitrogen and oxygen atoms in total. The van der Waals surface area contributed by atoms with E-state index in [1.54, 1.807) is 18.2 Å². The van der Waals surface area contributed by atoms with Gasteiger partial charge in [0.2, 0.25) is 0 Å². The fourth-order valence-corrected chi connectivity index (χ4v) is 5.50. The number of hydrogen-bond acceptors (Lipinski definition) is 7. The standard InChI is InChI=1S/C28H24ClN3O4S/c1-4-36-21-15-17(11-14-19(21)29)25(33)23-24(16-9-12-18(13-10-16)31(2)3)32(27(35)26(23)34)28-30-20-7-5-6-8-22(20)37-28/h5-15,24,33H,4H2,1-3H3/b25-23+. The van der Waals surface area contributed by atoms with E-state index in [0.717, 1.165) is 15.9 Å². The number of benzene rings is 3. The summed E-state index contributed by atoms with van der Waals surface area (Å²) in [5.41, 5.74) is 2.66. The highest BCUT2D eigenvalue weighted by atomic mass is 35.5. The summed E-state index contributed by atoms with van der Waals surface area (Å²) in [4.78, 5) is 34.9. The van der Waals surface area contributed by atoms with Crippen LogP contribution in [0.25, 0.3) is 16.0 Å². The lowest BCUT2D eigenvalue weighted by atomic mass is 9.95. The Hall–Kier alpha value is -3.88. The highest BCUT2D eigenvalue weighted by molar-refractivity contribution is 7.22. The number of fused-ring (bicyclic) bond motifs is 1. The molecular formula is C28H24ClN3O4S. The lowest BCUT2D eigenvalue weighted by Gasteiger charge is -2.23. The number of carbonyl (C=O) groups excluding carboxylic acids is 2. The molecular weight excluding hydrogens is 510 g/mol. The highest BCUT2D eigenvalue weighted by Crippen LogP contribution is 2.45. The van der Waals surface area contributed by atoms with Crippen molar-refractivity contribution < 1.29 is 19.4 Å². The Labute approximate surface area is 223 Å². The van der Waals surface area contributed by atoms with E-state index in [0.29, 0.717) is 33.6 Å². The Bertz CT molecular complexity index is 1510. The molecule has 1 saturated heterocycles. The molecule has 9 heteroatoms. The molecule has 0 radical (unpaired) electrons. The van der Waals surface area contributed by atoms with Crippen molar-refractivity contribution in [2.45, 2.75) is 13.0 Å². The zero-order valence-electron chi connectivity index (χ0n) is 20.4. The molecule has 1 unspecified atom stereocenters. The third-order valence-electron chi connectivity index (χ3n) is 6.16. The number of halogens is 1. The number of nitrogens with zero attached hydrogens (tertiary/aromatic N) is 3.